The summed E-state index contributed by atoms with van der Waals surface area (Å²) in [5.74, 6) is 1.78. The highest BCUT2D eigenvalue weighted by atomic mass is 35.5. The highest BCUT2D eigenvalue weighted by Crippen LogP contribution is 2.35. The molecule has 0 N–H and O–H groups in total. The van der Waals surface area contributed by atoms with E-state index < -0.39 is 0 Å². The maximum atomic E-state index is 13.6. The quantitative estimate of drug-likeness (QED) is 0.437. The van der Waals surface area contributed by atoms with E-state index in [2.05, 4.69) is 30.9 Å². The first-order valence-corrected chi connectivity index (χ1v) is 11.6. The number of nitrogens with zero attached hydrogens (tertiary/aromatic N) is 4. The Bertz CT molecular complexity index is 1090. The molecular weight excluding hydrogens is 420 g/mol. The largest absolute Gasteiger partial charge is 0.362 e. The summed E-state index contributed by atoms with van der Waals surface area (Å²) in [6, 6.07) is 17.5. The van der Waals surface area contributed by atoms with E-state index in [1.165, 1.54) is 12.8 Å². The molecule has 1 aliphatic rings. The van der Waals surface area contributed by atoms with Gasteiger partial charge in [-0.25, -0.2) is 4.68 Å². The lowest BCUT2D eigenvalue weighted by Gasteiger charge is -2.26. The molecule has 32 heavy (non-hydrogen) atoms. The Morgan fingerprint density at radius 2 is 1.75 bits per heavy atom. The van der Waals surface area contributed by atoms with Gasteiger partial charge in [0.25, 0.3) is 5.91 Å². The smallest absolute Gasteiger partial charge is 0.255 e. The Morgan fingerprint density at radius 1 is 1.09 bits per heavy atom. The molecule has 168 valence electrons. The number of carbonyl (C=O) groups is 1. The Morgan fingerprint density at radius 3 is 2.34 bits per heavy atom. The van der Waals surface area contributed by atoms with Crippen LogP contribution in [0.15, 0.2) is 54.6 Å². The zero-order valence-electron chi connectivity index (χ0n) is 19.3. The van der Waals surface area contributed by atoms with Gasteiger partial charge in [-0.3, -0.25) is 4.79 Å². The number of aromatic nitrogens is 2. The van der Waals surface area contributed by atoms with Crippen LogP contribution >= 0.6 is 11.6 Å². The van der Waals surface area contributed by atoms with E-state index in [4.69, 9.17) is 16.7 Å². The molecule has 1 aliphatic carbocycles. The summed E-state index contributed by atoms with van der Waals surface area (Å²) in [7, 11) is 4.07. The molecule has 4 rings (SSSR count). The van der Waals surface area contributed by atoms with Gasteiger partial charge in [-0.15, -0.1) is 0 Å². The second-order valence-corrected chi connectivity index (χ2v) is 9.50. The molecular formula is C26H31ClN4O. The van der Waals surface area contributed by atoms with Crippen LogP contribution in [0.5, 0.6) is 0 Å². The predicted molar refractivity (Wildman–Crippen MR) is 131 cm³/mol. The molecule has 0 bridgehead atoms. The molecule has 1 aromatic heterocycles. The van der Waals surface area contributed by atoms with Crippen molar-refractivity contribution < 1.29 is 4.79 Å². The molecule has 0 unspecified atom stereocenters. The van der Waals surface area contributed by atoms with Gasteiger partial charge in [-0.05, 0) is 48.9 Å². The van der Waals surface area contributed by atoms with Crippen molar-refractivity contribution in [2.75, 3.05) is 25.5 Å². The summed E-state index contributed by atoms with van der Waals surface area (Å²) >= 11 is 6.39. The molecule has 1 fully saturated rings. The fourth-order valence-corrected chi connectivity index (χ4v) is 4.33. The molecule has 0 spiro atoms. The van der Waals surface area contributed by atoms with Crippen LogP contribution in [0.4, 0.5) is 5.82 Å². The average Bonchev–Trinajstić information content (AvgIpc) is 3.51. The molecule has 0 atom stereocenters. The highest BCUT2D eigenvalue weighted by Gasteiger charge is 2.31. The normalized spacial score (nSPS) is 13.4. The van der Waals surface area contributed by atoms with Crippen molar-refractivity contribution in [2.45, 2.75) is 39.2 Å². The summed E-state index contributed by atoms with van der Waals surface area (Å²) in [5, 5.41) is 5.51. The summed E-state index contributed by atoms with van der Waals surface area (Å²) in [6.45, 7) is 5.56. The van der Waals surface area contributed by atoms with Crippen LogP contribution in [-0.2, 0) is 6.54 Å². The third-order valence-corrected chi connectivity index (χ3v) is 6.20. The van der Waals surface area contributed by atoms with Crippen LogP contribution in [0.25, 0.3) is 5.69 Å². The molecule has 0 saturated heterocycles. The fraction of sp³-hybridized carbons (Fsp3) is 0.385. The Balaban J connectivity index is 1.78. The Labute approximate surface area is 195 Å². The third kappa shape index (κ3) is 4.68. The number of hydrogen-bond donors (Lipinski definition) is 0. The van der Waals surface area contributed by atoms with Crippen LogP contribution in [0.3, 0.4) is 0 Å². The van der Waals surface area contributed by atoms with Crippen LogP contribution < -0.4 is 4.90 Å². The number of benzene rings is 2. The molecule has 0 radical (unpaired) electrons. The van der Waals surface area contributed by atoms with Gasteiger partial charge in [0, 0.05) is 26.2 Å². The van der Waals surface area contributed by atoms with E-state index in [1.54, 1.807) is 6.07 Å². The first-order chi connectivity index (χ1) is 15.4. The van der Waals surface area contributed by atoms with E-state index in [0.29, 0.717) is 23.0 Å². The number of amides is 1. The predicted octanol–water partition coefficient (Wildman–Crippen LogP) is 5.77. The number of rotatable bonds is 8. The highest BCUT2D eigenvalue weighted by molar-refractivity contribution is 6.33. The maximum Gasteiger partial charge on any atom is 0.255 e. The van der Waals surface area contributed by atoms with Crippen LogP contribution in [0.2, 0.25) is 5.02 Å². The Kier molecular flexibility index (Phi) is 6.56. The SMILES string of the molecule is CC(C)c1nn(-c2ccccc2)c(N(C)C)c1CN(CC1CC1)C(=O)c1ccccc1Cl. The van der Waals surface area contributed by atoms with Gasteiger partial charge in [0.1, 0.15) is 5.82 Å². The van der Waals surface area contributed by atoms with Gasteiger partial charge < -0.3 is 9.80 Å². The molecule has 1 heterocycles. The monoisotopic (exact) mass is 450 g/mol. The van der Waals surface area contributed by atoms with Crippen molar-refractivity contribution in [1.82, 2.24) is 14.7 Å². The first kappa shape index (κ1) is 22.4. The lowest BCUT2D eigenvalue weighted by atomic mass is 10.0. The van der Waals surface area contributed by atoms with Gasteiger partial charge in [0.05, 0.1) is 28.5 Å². The molecule has 2 aromatic carbocycles. The summed E-state index contributed by atoms with van der Waals surface area (Å²) in [5.41, 5.74) is 3.68. The van der Waals surface area contributed by atoms with E-state index in [-0.39, 0.29) is 11.8 Å². The number of para-hydroxylation sites is 1. The molecule has 3 aromatic rings. The zero-order chi connectivity index (χ0) is 22.8. The first-order valence-electron chi connectivity index (χ1n) is 11.2. The minimum atomic E-state index is -0.0191. The average molecular weight is 451 g/mol. The number of halogens is 1. The number of anilines is 1. The van der Waals surface area contributed by atoms with Crippen molar-refractivity contribution >= 4 is 23.3 Å². The van der Waals surface area contributed by atoms with E-state index in [9.17, 15) is 4.79 Å². The van der Waals surface area contributed by atoms with Gasteiger partial charge in [0.15, 0.2) is 0 Å². The van der Waals surface area contributed by atoms with Gasteiger partial charge in [-0.1, -0.05) is 55.8 Å². The second-order valence-electron chi connectivity index (χ2n) is 9.09. The molecule has 1 amide bonds. The lowest BCUT2D eigenvalue weighted by molar-refractivity contribution is 0.0735. The number of carbonyl (C=O) groups excluding carboxylic acids is 1. The van der Waals surface area contributed by atoms with Gasteiger partial charge >= 0.3 is 0 Å². The minimum absolute atomic E-state index is 0.0191. The third-order valence-electron chi connectivity index (χ3n) is 5.87. The van der Waals surface area contributed by atoms with Crippen molar-refractivity contribution in [1.29, 1.82) is 0 Å². The minimum Gasteiger partial charge on any atom is -0.362 e. The molecule has 5 nitrogen and oxygen atoms in total. The van der Waals surface area contributed by atoms with Crippen LogP contribution in [0.1, 0.15) is 54.2 Å². The van der Waals surface area contributed by atoms with E-state index in [1.807, 2.05) is 60.1 Å². The van der Waals surface area contributed by atoms with Crippen LogP contribution in [-0.4, -0.2) is 41.2 Å². The van der Waals surface area contributed by atoms with Gasteiger partial charge in [-0.2, -0.15) is 5.10 Å². The molecule has 1 saturated carbocycles. The standard InChI is InChI=1S/C26H31ClN4O/c1-18(2)24-22(25(29(3)4)31(28-24)20-10-6-5-7-11-20)17-30(16-19-14-15-19)26(32)21-12-8-9-13-23(21)27/h5-13,18-19H,14-17H2,1-4H3. The lowest BCUT2D eigenvalue weighted by Crippen LogP contribution is -2.33. The van der Waals surface area contributed by atoms with Crippen LogP contribution in [0, 0.1) is 5.92 Å². The summed E-state index contributed by atoms with van der Waals surface area (Å²) in [6.07, 6.45) is 2.35. The molecule has 6 heteroatoms. The van der Waals surface area contributed by atoms with E-state index >= 15 is 0 Å². The van der Waals surface area contributed by atoms with Crippen molar-refractivity contribution in [2.24, 2.45) is 5.92 Å². The fourth-order valence-electron chi connectivity index (χ4n) is 4.11. The van der Waals surface area contributed by atoms with E-state index in [0.717, 1.165) is 29.3 Å². The zero-order valence-corrected chi connectivity index (χ0v) is 20.0. The summed E-state index contributed by atoms with van der Waals surface area (Å²) in [4.78, 5) is 17.6. The topological polar surface area (TPSA) is 41.4 Å². The number of hydrogen-bond acceptors (Lipinski definition) is 3. The maximum absolute atomic E-state index is 13.6. The van der Waals surface area contributed by atoms with Crippen molar-refractivity contribution in [3.05, 3.63) is 76.4 Å². The van der Waals surface area contributed by atoms with Crippen molar-refractivity contribution in [3.63, 3.8) is 0 Å². The van der Waals surface area contributed by atoms with Crippen molar-refractivity contribution in [3.8, 4) is 5.69 Å². The molecule has 0 aliphatic heterocycles. The second kappa shape index (κ2) is 9.37. The Hall–Kier alpha value is -2.79. The summed E-state index contributed by atoms with van der Waals surface area (Å²) < 4.78 is 2.00. The van der Waals surface area contributed by atoms with Gasteiger partial charge in [0.2, 0.25) is 0 Å².